The molecule has 0 bridgehead atoms. The molecule has 0 heterocycles. The van der Waals surface area contributed by atoms with Gasteiger partial charge < -0.3 is 5.32 Å². The highest BCUT2D eigenvalue weighted by Gasteiger charge is 2.11. The van der Waals surface area contributed by atoms with Crippen LogP contribution >= 0.6 is 15.9 Å². The second-order valence-corrected chi connectivity index (χ2v) is 5.33. The second-order valence-electron chi connectivity index (χ2n) is 4.48. The van der Waals surface area contributed by atoms with Gasteiger partial charge in [-0.1, -0.05) is 39.3 Å². The van der Waals surface area contributed by atoms with Crippen molar-refractivity contribution in [3.63, 3.8) is 0 Å². The average molecular weight is 284 g/mol. The van der Waals surface area contributed by atoms with Crippen LogP contribution < -0.4 is 5.32 Å². The van der Waals surface area contributed by atoms with E-state index in [9.17, 15) is 0 Å². The van der Waals surface area contributed by atoms with Crippen molar-refractivity contribution in [1.82, 2.24) is 0 Å². The third-order valence-corrected chi connectivity index (χ3v) is 3.80. The van der Waals surface area contributed by atoms with Gasteiger partial charge in [-0.25, -0.2) is 0 Å². The lowest BCUT2D eigenvalue weighted by molar-refractivity contribution is 0.461. The first-order valence-electron chi connectivity index (χ1n) is 6.18. The molecule has 0 saturated carbocycles. The summed E-state index contributed by atoms with van der Waals surface area (Å²) in [6.45, 7) is 6.83. The Morgan fingerprint density at radius 1 is 1.19 bits per heavy atom. The van der Waals surface area contributed by atoms with Crippen molar-refractivity contribution in [3.05, 3.63) is 28.7 Å². The van der Waals surface area contributed by atoms with E-state index in [2.05, 4.69) is 60.2 Å². The molecule has 0 aliphatic rings. The smallest absolute Gasteiger partial charge is 0.0486 e. The molecule has 0 aromatic heterocycles. The molecule has 0 amide bonds. The summed E-state index contributed by atoms with van der Waals surface area (Å²) in [7, 11) is 0. The number of hydrogen-bond acceptors (Lipinski definition) is 1. The van der Waals surface area contributed by atoms with E-state index >= 15 is 0 Å². The lowest BCUT2D eigenvalue weighted by Gasteiger charge is -2.22. The van der Waals surface area contributed by atoms with E-state index in [1.807, 2.05) is 6.07 Å². The van der Waals surface area contributed by atoms with Gasteiger partial charge in [-0.15, -0.1) is 0 Å². The minimum Gasteiger partial charge on any atom is -0.381 e. The topological polar surface area (TPSA) is 12.0 Å². The fourth-order valence-corrected chi connectivity index (χ4v) is 2.18. The van der Waals surface area contributed by atoms with Crippen LogP contribution in [0.1, 0.15) is 40.0 Å². The molecule has 2 atom stereocenters. The molecule has 16 heavy (non-hydrogen) atoms. The number of hydrogen-bond donors (Lipinski definition) is 1. The van der Waals surface area contributed by atoms with E-state index in [1.54, 1.807) is 0 Å². The lowest BCUT2D eigenvalue weighted by atomic mass is 9.97. The summed E-state index contributed by atoms with van der Waals surface area (Å²) >= 11 is 3.57. The lowest BCUT2D eigenvalue weighted by Crippen LogP contribution is -2.21. The third kappa shape index (κ3) is 4.17. The number of benzene rings is 1. The molecule has 1 aromatic carbocycles. The molecule has 2 heteroatoms. The summed E-state index contributed by atoms with van der Waals surface area (Å²) < 4.78 is 1.15. The molecule has 1 N–H and O–H groups in total. The quantitative estimate of drug-likeness (QED) is 0.768. The molecule has 0 saturated heterocycles. The number of halogens is 1. The van der Waals surface area contributed by atoms with Crippen LogP contribution in [-0.2, 0) is 0 Å². The number of nitrogens with one attached hydrogen (secondary N) is 1. The van der Waals surface area contributed by atoms with Gasteiger partial charge in [-0.3, -0.25) is 0 Å². The standard InChI is InChI=1S/C14H22BrN/c1-4-11(3)10-12(5-2)16-14-9-7-6-8-13(14)15/h6-9,11-12,16H,4-5,10H2,1-3H3. The van der Waals surface area contributed by atoms with Crippen LogP contribution in [0.15, 0.2) is 28.7 Å². The molecule has 2 unspecified atom stereocenters. The minimum absolute atomic E-state index is 0.577. The Hall–Kier alpha value is -0.500. The van der Waals surface area contributed by atoms with Crippen LogP contribution in [0.2, 0.25) is 0 Å². The fourth-order valence-electron chi connectivity index (χ4n) is 1.78. The van der Waals surface area contributed by atoms with Gasteiger partial charge in [0.2, 0.25) is 0 Å². The molecule has 0 aliphatic heterocycles. The molecule has 0 aliphatic carbocycles. The molecule has 1 nitrogen and oxygen atoms in total. The van der Waals surface area contributed by atoms with Crippen LogP contribution in [0.25, 0.3) is 0 Å². The van der Waals surface area contributed by atoms with Crippen molar-refractivity contribution in [3.8, 4) is 0 Å². The zero-order chi connectivity index (χ0) is 12.0. The van der Waals surface area contributed by atoms with Gasteiger partial charge in [0.25, 0.3) is 0 Å². The maximum atomic E-state index is 3.62. The van der Waals surface area contributed by atoms with E-state index in [0.717, 1.165) is 10.4 Å². The molecular weight excluding hydrogens is 262 g/mol. The predicted molar refractivity (Wildman–Crippen MR) is 75.9 cm³/mol. The van der Waals surface area contributed by atoms with Gasteiger partial charge >= 0.3 is 0 Å². The molecule has 0 fully saturated rings. The predicted octanol–water partition coefficient (Wildman–Crippen LogP) is 5.08. The van der Waals surface area contributed by atoms with Gasteiger partial charge in [-0.2, -0.15) is 0 Å². The third-order valence-electron chi connectivity index (χ3n) is 3.11. The van der Waals surface area contributed by atoms with Crippen molar-refractivity contribution >= 4 is 21.6 Å². The van der Waals surface area contributed by atoms with Gasteiger partial charge in [-0.05, 0) is 46.8 Å². The summed E-state index contributed by atoms with van der Waals surface area (Å²) in [6.07, 6.45) is 3.67. The minimum atomic E-state index is 0.577. The van der Waals surface area contributed by atoms with Crippen LogP contribution in [0, 0.1) is 5.92 Å². The van der Waals surface area contributed by atoms with E-state index in [-0.39, 0.29) is 0 Å². The van der Waals surface area contributed by atoms with Gasteiger partial charge in [0.15, 0.2) is 0 Å². The normalized spacial score (nSPS) is 14.5. The van der Waals surface area contributed by atoms with Gasteiger partial charge in [0.1, 0.15) is 0 Å². The van der Waals surface area contributed by atoms with Crippen LogP contribution in [0.5, 0.6) is 0 Å². The first-order valence-corrected chi connectivity index (χ1v) is 6.97. The highest BCUT2D eigenvalue weighted by molar-refractivity contribution is 9.10. The maximum absolute atomic E-state index is 3.62. The summed E-state index contributed by atoms with van der Waals surface area (Å²) in [5.41, 5.74) is 1.21. The van der Waals surface area contributed by atoms with Gasteiger partial charge in [0, 0.05) is 16.2 Å². The number of para-hydroxylation sites is 1. The van der Waals surface area contributed by atoms with Crippen molar-refractivity contribution in [2.45, 2.75) is 46.1 Å². The van der Waals surface area contributed by atoms with Gasteiger partial charge in [0.05, 0.1) is 0 Å². The Labute approximate surface area is 108 Å². The van der Waals surface area contributed by atoms with Crippen LogP contribution in [0.3, 0.4) is 0 Å². The van der Waals surface area contributed by atoms with Crippen LogP contribution in [-0.4, -0.2) is 6.04 Å². The van der Waals surface area contributed by atoms with E-state index < -0.39 is 0 Å². The zero-order valence-corrected chi connectivity index (χ0v) is 12.0. The largest absolute Gasteiger partial charge is 0.381 e. The SMILES string of the molecule is CCC(C)CC(CC)Nc1ccccc1Br. The zero-order valence-electron chi connectivity index (χ0n) is 10.5. The molecular formula is C14H22BrN. The summed E-state index contributed by atoms with van der Waals surface area (Å²) in [5, 5.41) is 3.62. The van der Waals surface area contributed by atoms with Crippen molar-refractivity contribution in [2.24, 2.45) is 5.92 Å². The Morgan fingerprint density at radius 2 is 1.88 bits per heavy atom. The number of anilines is 1. The molecule has 1 aromatic rings. The van der Waals surface area contributed by atoms with E-state index in [0.29, 0.717) is 6.04 Å². The Kier molecular flexibility index (Phi) is 5.89. The summed E-state index contributed by atoms with van der Waals surface area (Å²) in [4.78, 5) is 0. The summed E-state index contributed by atoms with van der Waals surface area (Å²) in [6, 6.07) is 8.91. The first-order chi connectivity index (χ1) is 7.67. The monoisotopic (exact) mass is 283 g/mol. The Balaban J connectivity index is 2.60. The van der Waals surface area contributed by atoms with Crippen molar-refractivity contribution < 1.29 is 0 Å². The van der Waals surface area contributed by atoms with Crippen LogP contribution in [0.4, 0.5) is 5.69 Å². The molecule has 0 spiro atoms. The molecule has 0 radical (unpaired) electrons. The number of rotatable bonds is 6. The summed E-state index contributed by atoms with van der Waals surface area (Å²) in [5.74, 6) is 0.792. The fraction of sp³-hybridized carbons (Fsp3) is 0.571. The Morgan fingerprint density at radius 3 is 2.44 bits per heavy atom. The highest BCUT2D eigenvalue weighted by Crippen LogP contribution is 2.24. The first kappa shape index (κ1) is 13.6. The van der Waals surface area contributed by atoms with Crippen molar-refractivity contribution in [1.29, 1.82) is 0 Å². The second kappa shape index (κ2) is 6.95. The van der Waals surface area contributed by atoms with E-state index in [4.69, 9.17) is 0 Å². The molecule has 1 rings (SSSR count). The average Bonchev–Trinajstić information content (AvgIpc) is 2.30. The molecule has 90 valence electrons. The van der Waals surface area contributed by atoms with E-state index in [1.165, 1.54) is 24.9 Å². The maximum Gasteiger partial charge on any atom is 0.0486 e. The highest BCUT2D eigenvalue weighted by atomic mass is 79.9. The Bertz CT molecular complexity index is 311. The van der Waals surface area contributed by atoms with Crippen molar-refractivity contribution in [2.75, 3.05) is 5.32 Å².